The smallest absolute Gasteiger partial charge is 0.220 e. The third kappa shape index (κ3) is 2.52. The maximum Gasteiger partial charge on any atom is 0.220 e. The van der Waals surface area contributed by atoms with Gasteiger partial charge in [-0.3, -0.25) is 4.90 Å². The summed E-state index contributed by atoms with van der Waals surface area (Å²) in [6, 6.07) is 3.42. The normalized spacial score (nSPS) is 20.7. The van der Waals surface area contributed by atoms with Gasteiger partial charge in [0.1, 0.15) is 11.4 Å². The minimum Gasteiger partial charge on any atom is -0.505 e. The molecule has 118 valence electrons. The number of guanidine groups is 2. The summed E-state index contributed by atoms with van der Waals surface area (Å²) in [6.45, 7) is 0. The first-order valence-corrected chi connectivity index (χ1v) is 8.28. The topological polar surface area (TPSA) is 100 Å². The number of hydrogen-bond donors (Lipinski definition) is 3. The maximum atomic E-state index is 9.83. The van der Waals surface area contributed by atoms with Crippen LogP contribution in [-0.2, 0) is 0 Å². The molecule has 6 nitrogen and oxygen atoms in total. The fourth-order valence-corrected chi connectivity index (χ4v) is 3.95. The van der Waals surface area contributed by atoms with Crippen LogP contribution in [0, 0.1) is 0 Å². The van der Waals surface area contributed by atoms with Gasteiger partial charge in [-0.15, -0.1) is 0 Å². The van der Waals surface area contributed by atoms with E-state index in [0.717, 1.165) is 31.4 Å². The SMILES string of the molecule is NC1=NC2(CCCCC2)N(c2cc(Cl)c(O)c(Br)c2)C(N)=N1. The number of hydrogen-bond acceptors (Lipinski definition) is 6. The highest BCUT2D eigenvalue weighted by Gasteiger charge is 2.42. The van der Waals surface area contributed by atoms with E-state index in [2.05, 4.69) is 25.9 Å². The van der Waals surface area contributed by atoms with E-state index in [-0.39, 0.29) is 16.7 Å². The monoisotopic (exact) mass is 385 g/mol. The Labute approximate surface area is 142 Å². The molecule has 0 atom stereocenters. The largest absolute Gasteiger partial charge is 0.505 e. The van der Waals surface area contributed by atoms with Crippen molar-refractivity contribution in [2.24, 2.45) is 21.5 Å². The molecule has 22 heavy (non-hydrogen) atoms. The van der Waals surface area contributed by atoms with Crippen LogP contribution in [0.15, 0.2) is 26.6 Å². The molecule has 0 radical (unpaired) electrons. The van der Waals surface area contributed by atoms with Crippen molar-refractivity contribution in [2.45, 2.75) is 37.8 Å². The van der Waals surface area contributed by atoms with E-state index in [1.165, 1.54) is 6.42 Å². The number of aliphatic imine (C=N–C) groups is 2. The van der Waals surface area contributed by atoms with Crippen LogP contribution in [-0.4, -0.2) is 22.7 Å². The van der Waals surface area contributed by atoms with Crippen molar-refractivity contribution >= 4 is 45.1 Å². The Balaban J connectivity index is 2.12. The van der Waals surface area contributed by atoms with E-state index in [1.54, 1.807) is 12.1 Å². The molecule has 0 aromatic heterocycles. The van der Waals surface area contributed by atoms with Crippen molar-refractivity contribution in [1.29, 1.82) is 0 Å². The van der Waals surface area contributed by atoms with Gasteiger partial charge in [0, 0.05) is 5.69 Å². The van der Waals surface area contributed by atoms with Crippen LogP contribution in [0.4, 0.5) is 5.69 Å². The molecule has 1 fully saturated rings. The molecule has 1 aromatic rings. The van der Waals surface area contributed by atoms with Crippen molar-refractivity contribution in [3.8, 4) is 5.75 Å². The van der Waals surface area contributed by atoms with Gasteiger partial charge in [0.05, 0.1) is 9.50 Å². The van der Waals surface area contributed by atoms with Crippen LogP contribution in [0.5, 0.6) is 5.75 Å². The van der Waals surface area contributed by atoms with Crippen LogP contribution in [0.1, 0.15) is 32.1 Å². The lowest BCUT2D eigenvalue weighted by molar-refractivity contribution is 0.305. The third-order valence-corrected chi connectivity index (χ3v) is 5.00. The second kappa shape index (κ2) is 5.62. The Hall–Kier alpha value is -1.47. The lowest BCUT2D eigenvalue weighted by Crippen LogP contribution is -2.58. The van der Waals surface area contributed by atoms with E-state index in [4.69, 9.17) is 23.1 Å². The summed E-state index contributed by atoms with van der Waals surface area (Å²) in [5.74, 6) is 0.501. The van der Waals surface area contributed by atoms with Gasteiger partial charge in [-0.2, -0.15) is 4.99 Å². The number of halogens is 2. The molecule has 0 amide bonds. The van der Waals surface area contributed by atoms with Crippen LogP contribution in [0.3, 0.4) is 0 Å². The van der Waals surface area contributed by atoms with Gasteiger partial charge in [0.2, 0.25) is 11.9 Å². The van der Waals surface area contributed by atoms with E-state index < -0.39 is 5.66 Å². The van der Waals surface area contributed by atoms with Gasteiger partial charge in [-0.1, -0.05) is 18.0 Å². The fourth-order valence-electron chi connectivity index (χ4n) is 3.18. The Morgan fingerprint density at radius 2 is 1.91 bits per heavy atom. The number of aromatic hydroxyl groups is 1. The van der Waals surface area contributed by atoms with Gasteiger partial charge in [0.25, 0.3) is 0 Å². The highest BCUT2D eigenvalue weighted by molar-refractivity contribution is 9.10. The lowest BCUT2D eigenvalue weighted by atomic mass is 9.87. The van der Waals surface area contributed by atoms with Crippen LogP contribution in [0.25, 0.3) is 0 Å². The van der Waals surface area contributed by atoms with Gasteiger partial charge in [-0.25, -0.2) is 4.99 Å². The summed E-state index contributed by atoms with van der Waals surface area (Å²) < 4.78 is 0.497. The highest BCUT2D eigenvalue weighted by Crippen LogP contribution is 2.43. The van der Waals surface area contributed by atoms with Gasteiger partial charge in [0.15, 0.2) is 0 Å². The van der Waals surface area contributed by atoms with Gasteiger partial charge < -0.3 is 16.6 Å². The number of rotatable bonds is 1. The Bertz CT molecular complexity index is 646. The van der Waals surface area contributed by atoms with Gasteiger partial charge >= 0.3 is 0 Å². The zero-order chi connectivity index (χ0) is 15.9. The van der Waals surface area contributed by atoms with Crippen LogP contribution in [0.2, 0.25) is 5.02 Å². The molecule has 8 heteroatoms. The minimum atomic E-state index is -0.520. The molecule has 0 saturated heterocycles. The number of nitrogens with two attached hydrogens (primary N) is 2. The van der Waals surface area contributed by atoms with Gasteiger partial charge in [-0.05, 0) is 53.7 Å². The summed E-state index contributed by atoms with van der Waals surface area (Å²) in [4.78, 5) is 10.6. The summed E-state index contributed by atoms with van der Waals surface area (Å²) in [7, 11) is 0. The molecule has 1 aromatic carbocycles. The molecule has 1 aliphatic heterocycles. The molecule has 2 aliphatic rings. The molecule has 5 N–H and O–H groups in total. The molecule has 3 rings (SSSR count). The van der Waals surface area contributed by atoms with Crippen molar-refractivity contribution in [1.82, 2.24) is 0 Å². The number of phenols is 1. The summed E-state index contributed by atoms with van der Waals surface area (Å²) in [6.07, 6.45) is 4.96. The zero-order valence-corrected chi connectivity index (χ0v) is 14.2. The van der Waals surface area contributed by atoms with Crippen LogP contribution >= 0.6 is 27.5 Å². The molecule has 0 unspecified atom stereocenters. The molecule has 1 heterocycles. The van der Waals surface area contributed by atoms with E-state index in [9.17, 15) is 5.11 Å². The first-order chi connectivity index (χ1) is 10.4. The Morgan fingerprint density at radius 3 is 2.55 bits per heavy atom. The van der Waals surface area contributed by atoms with E-state index >= 15 is 0 Å². The van der Waals surface area contributed by atoms with E-state index in [0.29, 0.717) is 10.4 Å². The first kappa shape index (κ1) is 15.4. The average molecular weight is 387 g/mol. The predicted molar refractivity (Wildman–Crippen MR) is 92.4 cm³/mol. The molecular formula is C14H17BrClN5O. The fraction of sp³-hybridized carbons (Fsp3) is 0.429. The number of nitrogens with zero attached hydrogens (tertiary/aromatic N) is 3. The lowest BCUT2D eigenvalue weighted by Gasteiger charge is -2.45. The van der Waals surface area contributed by atoms with Crippen molar-refractivity contribution in [2.75, 3.05) is 4.90 Å². The third-order valence-electron chi connectivity index (χ3n) is 4.11. The second-order valence-electron chi connectivity index (χ2n) is 5.58. The number of benzene rings is 1. The predicted octanol–water partition coefficient (Wildman–Crippen LogP) is 2.92. The Kier molecular flexibility index (Phi) is 3.94. The molecule has 1 spiro atoms. The summed E-state index contributed by atoms with van der Waals surface area (Å²) in [5, 5.41) is 10.1. The molecule has 1 aliphatic carbocycles. The number of phenolic OH excluding ortho intramolecular Hbond substituents is 1. The Morgan fingerprint density at radius 1 is 1.23 bits per heavy atom. The first-order valence-electron chi connectivity index (χ1n) is 7.11. The quantitative estimate of drug-likeness (QED) is 0.691. The minimum absolute atomic E-state index is 0.00125. The highest BCUT2D eigenvalue weighted by atomic mass is 79.9. The standard InChI is InChI=1S/C14H17BrClN5O/c15-9-6-8(7-10(16)11(9)22)21-13(18)19-12(17)20-14(21)4-2-1-3-5-14/h6-7,22H,1-5H2,(H4,17,18,19,20). The van der Waals surface area contributed by atoms with Crippen molar-refractivity contribution in [3.05, 3.63) is 21.6 Å². The summed E-state index contributed by atoms with van der Waals surface area (Å²) in [5.41, 5.74) is 12.2. The van der Waals surface area contributed by atoms with Crippen molar-refractivity contribution in [3.63, 3.8) is 0 Å². The number of anilines is 1. The van der Waals surface area contributed by atoms with Crippen LogP contribution < -0.4 is 16.4 Å². The molecular weight excluding hydrogens is 370 g/mol. The molecule has 1 saturated carbocycles. The molecule has 0 bridgehead atoms. The zero-order valence-electron chi connectivity index (χ0n) is 11.9. The average Bonchev–Trinajstić information content (AvgIpc) is 2.44. The van der Waals surface area contributed by atoms with E-state index in [1.807, 2.05) is 4.90 Å². The summed E-state index contributed by atoms with van der Waals surface area (Å²) >= 11 is 9.40. The maximum absolute atomic E-state index is 9.83. The second-order valence-corrected chi connectivity index (χ2v) is 6.84. The van der Waals surface area contributed by atoms with Crippen molar-refractivity contribution < 1.29 is 5.11 Å².